The predicted octanol–water partition coefficient (Wildman–Crippen LogP) is 4.78. The average Bonchev–Trinajstić information content (AvgIpc) is 2.82. The lowest BCUT2D eigenvalue weighted by Crippen LogP contribution is -1.96. The van der Waals surface area contributed by atoms with Crippen LogP contribution >= 0.6 is 27.3 Å². The molecule has 5 heteroatoms. The Bertz CT molecular complexity index is 695. The van der Waals surface area contributed by atoms with Crippen LogP contribution < -0.4 is 4.74 Å². The number of fused-ring (bicyclic) bond motifs is 1. The minimum Gasteiger partial charge on any atom is -0.483 e. The largest absolute Gasteiger partial charge is 0.483 e. The molecule has 0 fully saturated rings. The lowest BCUT2D eigenvalue weighted by molar-refractivity contribution is 0.290. The minimum atomic E-state index is -0.371. The molecule has 0 N–H and O–H groups in total. The molecular formula is C14H9BrFNOS. The zero-order valence-electron chi connectivity index (χ0n) is 9.77. The van der Waals surface area contributed by atoms with Crippen LogP contribution in [0, 0.1) is 5.82 Å². The zero-order chi connectivity index (χ0) is 13.2. The summed E-state index contributed by atoms with van der Waals surface area (Å²) in [5, 5.41) is 0.834. The Hall–Kier alpha value is -1.46. The summed E-state index contributed by atoms with van der Waals surface area (Å²) in [6.07, 6.45) is 0. The second-order valence-corrected chi connectivity index (χ2v) is 5.97. The SMILES string of the molecule is Fc1ccc(Br)cc1OCc1nc2ccccc2s1. The molecule has 1 aromatic heterocycles. The molecule has 0 unspecified atom stereocenters. The number of para-hydroxylation sites is 1. The molecule has 0 aliphatic carbocycles. The highest BCUT2D eigenvalue weighted by atomic mass is 79.9. The van der Waals surface area contributed by atoms with E-state index in [4.69, 9.17) is 4.74 Å². The van der Waals surface area contributed by atoms with Crippen LogP contribution in [0.3, 0.4) is 0 Å². The number of halogens is 2. The van der Waals surface area contributed by atoms with Gasteiger partial charge in [-0.3, -0.25) is 0 Å². The van der Waals surface area contributed by atoms with Crippen molar-refractivity contribution in [2.24, 2.45) is 0 Å². The van der Waals surface area contributed by atoms with E-state index < -0.39 is 0 Å². The van der Waals surface area contributed by atoms with E-state index in [1.807, 2.05) is 24.3 Å². The van der Waals surface area contributed by atoms with Crippen molar-refractivity contribution in [2.75, 3.05) is 0 Å². The van der Waals surface area contributed by atoms with E-state index in [1.54, 1.807) is 23.5 Å². The fraction of sp³-hybridized carbons (Fsp3) is 0.0714. The first-order valence-electron chi connectivity index (χ1n) is 5.65. The van der Waals surface area contributed by atoms with E-state index in [2.05, 4.69) is 20.9 Å². The summed E-state index contributed by atoms with van der Waals surface area (Å²) in [7, 11) is 0. The van der Waals surface area contributed by atoms with Gasteiger partial charge in [0.1, 0.15) is 11.6 Å². The highest BCUT2D eigenvalue weighted by molar-refractivity contribution is 9.10. The first-order valence-corrected chi connectivity index (χ1v) is 7.25. The Morgan fingerprint density at radius 3 is 2.89 bits per heavy atom. The predicted molar refractivity (Wildman–Crippen MR) is 78.1 cm³/mol. The Kier molecular flexibility index (Phi) is 3.48. The molecular weight excluding hydrogens is 329 g/mol. The third-order valence-corrected chi connectivity index (χ3v) is 4.09. The molecule has 1 heterocycles. The number of nitrogens with zero attached hydrogens (tertiary/aromatic N) is 1. The summed E-state index contributed by atoms with van der Waals surface area (Å²) >= 11 is 4.85. The van der Waals surface area contributed by atoms with Crippen molar-refractivity contribution < 1.29 is 9.13 Å². The maximum absolute atomic E-state index is 13.5. The number of hydrogen-bond donors (Lipinski definition) is 0. The second kappa shape index (κ2) is 5.27. The number of ether oxygens (including phenoxy) is 1. The van der Waals surface area contributed by atoms with Crippen molar-refractivity contribution in [1.29, 1.82) is 0 Å². The van der Waals surface area contributed by atoms with E-state index in [9.17, 15) is 4.39 Å². The summed E-state index contributed by atoms with van der Waals surface area (Å²) in [6.45, 7) is 0.271. The molecule has 0 spiro atoms. The highest BCUT2D eigenvalue weighted by Crippen LogP contribution is 2.25. The molecule has 0 saturated heterocycles. The quantitative estimate of drug-likeness (QED) is 0.686. The molecule has 96 valence electrons. The highest BCUT2D eigenvalue weighted by Gasteiger charge is 2.07. The van der Waals surface area contributed by atoms with Crippen LogP contribution in [-0.4, -0.2) is 4.98 Å². The fourth-order valence-electron chi connectivity index (χ4n) is 1.71. The topological polar surface area (TPSA) is 22.1 Å². The molecule has 2 aromatic carbocycles. The van der Waals surface area contributed by atoms with Crippen LogP contribution in [0.2, 0.25) is 0 Å². The lowest BCUT2D eigenvalue weighted by Gasteiger charge is -2.05. The molecule has 0 aliphatic heterocycles. The van der Waals surface area contributed by atoms with Crippen LogP contribution in [0.1, 0.15) is 5.01 Å². The Morgan fingerprint density at radius 2 is 2.05 bits per heavy atom. The van der Waals surface area contributed by atoms with Gasteiger partial charge in [-0.25, -0.2) is 9.37 Å². The number of aromatic nitrogens is 1. The molecule has 0 atom stereocenters. The van der Waals surface area contributed by atoms with Crippen molar-refractivity contribution in [3.8, 4) is 5.75 Å². The van der Waals surface area contributed by atoms with Gasteiger partial charge in [0.2, 0.25) is 0 Å². The smallest absolute Gasteiger partial charge is 0.165 e. The summed E-state index contributed by atoms with van der Waals surface area (Å²) in [5.41, 5.74) is 0.945. The maximum Gasteiger partial charge on any atom is 0.165 e. The maximum atomic E-state index is 13.5. The van der Waals surface area contributed by atoms with E-state index in [-0.39, 0.29) is 18.2 Å². The molecule has 2 nitrogen and oxygen atoms in total. The van der Waals surface area contributed by atoms with Gasteiger partial charge in [-0.05, 0) is 30.3 Å². The van der Waals surface area contributed by atoms with Gasteiger partial charge in [0.15, 0.2) is 11.6 Å². The van der Waals surface area contributed by atoms with Crippen LogP contribution in [0.25, 0.3) is 10.2 Å². The van der Waals surface area contributed by atoms with Crippen LogP contribution in [-0.2, 0) is 6.61 Å². The molecule has 0 aliphatic rings. The molecule has 3 rings (SSSR count). The third kappa shape index (κ3) is 2.77. The first-order chi connectivity index (χ1) is 9.22. The van der Waals surface area contributed by atoms with Gasteiger partial charge >= 0.3 is 0 Å². The van der Waals surface area contributed by atoms with E-state index in [1.165, 1.54) is 6.07 Å². The first kappa shape index (κ1) is 12.6. The lowest BCUT2D eigenvalue weighted by atomic mass is 10.3. The van der Waals surface area contributed by atoms with Crippen LogP contribution in [0.5, 0.6) is 5.75 Å². The Balaban J connectivity index is 1.80. The van der Waals surface area contributed by atoms with Gasteiger partial charge < -0.3 is 4.74 Å². The summed E-state index contributed by atoms with van der Waals surface area (Å²) < 4.78 is 20.9. The standard InChI is InChI=1S/C14H9BrFNOS/c15-9-5-6-10(16)12(7-9)18-8-14-17-11-3-1-2-4-13(11)19-14/h1-7H,8H2. The molecule has 0 saturated carbocycles. The molecule has 0 bridgehead atoms. The van der Waals surface area contributed by atoms with Gasteiger partial charge in [-0.1, -0.05) is 28.1 Å². The van der Waals surface area contributed by atoms with Crippen LogP contribution in [0.15, 0.2) is 46.9 Å². The summed E-state index contributed by atoms with van der Waals surface area (Å²) in [6, 6.07) is 12.5. The molecule has 0 radical (unpaired) electrons. The van der Waals surface area contributed by atoms with Crippen LogP contribution in [0.4, 0.5) is 4.39 Å². The number of hydrogen-bond acceptors (Lipinski definition) is 3. The number of benzene rings is 2. The van der Waals surface area contributed by atoms with E-state index in [0.29, 0.717) is 0 Å². The van der Waals surface area contributed by atoms with Gasteiger partial charge in [-0.2, -0.15) is 0 Å². The van der Waals surface area contributed by atoms with Crippen molar-refractivity contribution in [3.63, 3.8) is 0 Å². The van der Waals surface area contributed by atoms with Gasteiger partial charge in [0, 0.05) is 4.47 Å². The van der Waals surface area contributed by atoms with E-state index >= 15 is 0 Å². The molecule has 0 amide bonds. The Labute approximate surface area is 122 Å². The Morgan fingerprint density at radius 1 is 1.21 bits per heavy atom. The zero-order valence-corrected chi connectivity index (χ0v) is 12.2. The second-order valence-electron chi connectivity index (χ2n) is 3.94. The van der Waals surface area contributed by atoms with Crippen molar-refractivity contribution in [1.82, 2.24) is 4.98 Å². The third-order valence-electron chi connectivity index (χ3n) is 2.58. The molecule has 19 heavy (non-hydrogen) atoms. The average molecular weight is 338 g/mol. The van der Waals surface area contributed by atoms with Gasteiger partial charge in [0.25, 0.3) is 0 Å². The van der Waals surface area contributed by atoms with Gasteiger partial charge in [-0.15, -0.1) is 11.3 Å². The summed E-state index contributed by atoms with van der Waals surface area (Å²) in [5.74, 6) is -0.141. The van der Waals surface area contributed by atoms with Crippen molar-refractivity contribution in [3.05, 3.63) is 57.8 Å². The minimum absolute atomic E-state index is 0.230. The van der Waals surface area contributed by atoms with E-state index in [0.717, 1.165) is 19.7 Å². The monoisotopic (exact) mass is 337 g/mol. The number of rotatable bonds is 3. The number of thiazole rings is 1. The van der Waals surface area contributed by atoms with Gasteiger partial charge in [0.05, 0.1) is 10.2 Å². The summed E-state index contributed by atoms with van der Waals surface area (Å²) in [4.78, 5) is 4.44. The van der Waals surface area contributed by atoms with Crippen molar-refractivity contribution in [2.45, 2.75) is 6.61 Å². The van der Waals surface area contributed by atoms with Crippen molar-refractivity contribution >= 4 is 37.5 Å². The fourth-order valence-corrected chi connectivity index (χ4v) is 2.93. The molecule has 3 aromatic rings. The normalized spacial score (nSPS) is 10.8.